The van der Waals surface area contributed by atoms with Crippen LogP contribution in [-0.4, -0.2) is 45.0 Å². The molecule has 1 aromatic carbocycles. The Hall–Kier alpha value is -0.550. The lowest BCUT2D eigenvalue weighted by molar-refractivity contribution is -0.145. The van der Waals surface area contributed by atoms with Gasteiger partial charge in [0, 0.05) is 22.9 Å². The van der Waals surface area contributed by atoms with Gasteiger partial charge in [-0.25, -0.2) is 0 Å². The standard InChI is InChI=1S/C14H22N2OS/c1-16(2)13(14(8-15)9-17-10-14)11-4-6-12(18-3)7-5-11/h4-7,13H,8-10,15H2,1-3H3. The Labute approximate surface area is 114 Å². The van der Waals surface area contributed by atoms with Crippen molar-refractivity contribution in [1.29, 1.82) is 0 Å². The molecule has 1 aromatic rings. The van der Waals surface area contributed by atoms with Crippen molar-refractivity contribution in [2.45, 2.75) is 10.9 Å². The SMILES string of the molecule is CSc1ccc(C(N(C)C)C2(CN)COC2)cc1. The highest BCUT2D eigenvalue weighted by Crippen LogP contribution is 2.42. The van der Waals surface area contributed by atoms with Crippen molar-refractivity contribution in [1.82, 2.24) is 4.90 Å². The summed E-state index contributed by atoms with van der Waals surface area (Å²) >= 11 is 1.77. The fourth-order valence-corrected chi connectivity index (χ4v) is 3.15. The molecule has 1 aliphatic heterocycles. The lowest BCUT2D eigenvalue weighted by atomic mass is 9.74. The fourth-order valence-electron chi connectivity index (χ4n) is 2.74. The molecule has 18 heavy (non-hydrogen) atoms. The van der Waals surface area contributed by atoms with Gasteiger partial charge in [-0.3, -0.25) is 0 Å². The summed E-state index contributed by atoms with van der Waals surface area (Å²) in [6, 6.07) is 9.12. The van der Waals surface area contributed by atoms with Crippen LogP contribution < -0.4 is 5.73 Å². The summed E-state index contributed by atoms with van der Waals surface area (Å²) in [5, 5.41) is 0. The number of nitrogens with two attached hydrogens (primary N) is 1. The highest BCUT2D eigenvalue weighted by molar-refractivity contribution is 7.98. The topological polar surface area (TPSA) is 38.5 Å². The van der Waals surface area contributed by atoms with Crippen LogP contribution in [0, 0.1) is 5.41 Å². The van der Waals surface area contributed by atoms with Gasteiger partial charge >= 0.3 is 0 Å². The molecular formula is C14H22N2OS. The first-order chi connectivity index (χ1) is 8.63. The largest absolute Gasteiger partial charge is 0.380 e. The van der Waals surface area contributed by atoms with Crippen LogP contribution in [-0.2, 0) is 4.74 Å². The molecule has 0 saturated carbocycles. The average Bonchev–Trinajstić information content (AvgIpc) is 2.33. The van der Waals surface area contributed by atoms with Crippen molar-refractivity contribution in [2.75, 3.05) is 40.1 Å². The Balaban J connectivity index is 2.29. The number of nitrogens with zero attached hydrogens (tertiary/aromatic N) is 1. The van der Waals surface area contributed by atoms with E-state index in [1.807, 2.05) is 0 Å². The van der Waals surface area contributed by atoms with E-state index in [0.29, 0.717) is 12.6 Å². The smallest absolute Gasteiger partial charge is 0.0575 e. The lowest BCUT2D eigenvalue weighted by Gasteiger charge is -2.49. The van der Waals surface area contributed by atoms with E-state index in [2.05, 4.69) is 49.5 Å². The first-order valence-electron chi connectivity index (χ1n) is 6.21. The maximum atomic E-state index is 5.99. The molecule has 1 unspecified atom stereocenters. The molecule has 1 atom stereocenters. The minimum atomic E-state index is 0.0738. The van der Waals surface area contributed by atoms with Gasteiger partial charge in [-0.15, -0.1) is 11.8 Å². The molecule has 1 saturated heterocycles. The number of hydrogen-bond acceptors (Lipinski definition) is 4. The van der Waals surface area contributed by atoms with E-state index < -0.39 is 0 Å². The van der Waals surface area contributed by atoms with Crippen LogP contribution in [0.2, 0.25) is 0 Å². The molecule has 2 rings (SSSR count). The summed E-state index contributed by atoms with van der Waals surface area (Å²) in [7, 11) is 4.23. The molecule has 1 heterocycles. The maximum Gasteiger partial charge on any atom is 0.0575 e. The molecule has 0 aliphatic carbocycles. The maximum absolute atomic E-state index is 5.99. The molecule has 3 nitrogen and oxygen atoms in total. The number of ether oxygens (including phenoxy) is 1. The average molecular weight is 266 g/mol. The third-order valence-electron chi connectivity index (χ3n) is 3.71. The van der Waals surface area contributed by atoms with E-state index in [1.165, 1.54) is 10.5 Å². The van der Waals surface area contributed by atoms with Crippen LogP contribution >= 0.6 is 11.8 Å². The van der Waals surface area contributed by atoms with Gasteiger partial charge in [0.1, 0.15) is 0 Å². The zero-order valence-corrected chi connectivity index (χ0v) is 12.2. The van der Waals surface area contributed by atoms with Crippen molar-refractivity contribution in [3.8, 4) is 0 Å². The summed E-state index contributed by atoms with van der Waals surface area (Å²) in [5.74, 6) is 0. The Morgan fingerprint density at radius 3 is 2.28 bits per heavy atom. The summed E-state index contributed by atoms with van der Waals surface area (Å²) in [6.07, 6.45) is 2.10. The Kier molecular flexibility index (Phi) is 4.33. The second kappa shape index (κ2) is 5.61. The van der Waals surface area contributed by atoms with Gasteiger partial charge in [0.25, 0.3) is 0 Å². The molecule has 0 amide bonds. The first kappa shape index (κ1) is 13.9. The van der Waals surface area contributed by atoms with Crippen LogP contribution in [0.25, 0.3) is 0 Å². The zero-order chi connectivity index (χ0) is 13.2. The number of hydrogen-bond donors (Lipinski definition) is 1. The van der Waals surface area contributed by atoms with E-state index in [4.69, 9.17) is 10.5 Å². The molecular weight excluding hydrogens is 244 g/mol. The highest BCUT2D eigenvalue weighted by Gasteiger charge is 2.46. The summed E-state index contributed by atoms with van der Waals surface area (Å²) < 4.78 is 5.42. The van der Waals surface area contributed by atoms with Crippen molar-refractivity contribution in [3.05, 3.63) is 29.8 Å². The molecule has 2 N–H and O–H groups in total. The molecule has 0 aromatic heterocycles. The second-order valence-electron chi connectivity index (χ2n) is 5.20. The fraction of sp³-hybridized carbons (Fsp3) is 0.571. The highest BCUT2D eigenvalue weighted by atomic mass is 32.2. The Morgan fingerprint density at radius 1 is 1.33 bits per heavy atom. The van der Waals surface area contributed by atoms with Crippen LogP contribution in [0.1, 0.15) is 11.6 Å². The predicted molar refractivity (Wildman–Crippen MR) is 77.0 cm³/mol. The molecule has 0 spiro atoms. The van der Waals surface area contributed by atoms with E-state index in [0.717, 1.165) is 13.2 Å². The molecule has 100 valence electrons. The predicted octanol–water partition coefficient (Wildman–Crippen LogP) is 1.99. The third-order valence-corrected chi connectivity index (χ3v) is 4.46. The Bertz CT molecular complexity index is 382. The number of thioether (sulfide) groups is 1. The molecule has 4 heteroatoms. The number of rotatable bonds is 5. The van der Waals surface area contributed by atoms with Crippen LogP contribution in [0.5, 0.6) is 0 Å². The van der Waals surface area contributed by atoms with Gasteiger partial charge in [0.15, 0.2) is 0 Å². The van der Waals surface area contributed by atoms with Gasteiger partial charge in [-0.2, -0.15) is 0 Å². The zero-order valence-electron chi connectivity index (χ0n) is 11.3. The van der Waals surface area contributed by atoms with E-state index in [1.54, 1.807) is 11.8 Å². The van der Waals surface area contributed by atoms with Crippen LogP contribution in [0.15, 0.2) is 29.2 Å². The van der Waals surface area contributed by atoms with Gasteiger partial charge < -0.3 is 15.4 Å². The van der Waals surface area contributed by atoms with Crippen molar-refractivity contribution < 1.29 is 4.74 Å². The molecule has 0 bridgehead atoms. The van der Waals surface area contributed by atoms with Gasteiger partial charge in [0.05, 0.1) is 13.2 Å². The van der Waals surface area contributed by atoms with Crippen molar-refractivity contribution in [3.63, 3.8) is 0 Å². The molecule has 0 radical (unpaired) electrons. The minimum Gasteiger partial charge on any atom is -0.380 e. The van der Waals surface area contributed by atoms with Crippen LogP contribution in [0.3, 0.4) is 0 Å². The van der Waals surface area contributed by atoms with E-state index in [9.17, 15) is 0 Å². The van der Waals surface area contributed by atoms with Gasteiger partial charge in [-0.05, 0) is 38.0 Å². The van der Waals surface area contributed by atoms with Gasteiger partial charge in [0.2, 0.25) is 0 Å². The molecule has 1 fully saturated rings. The van der Waals surface area contributed by atoms with Crippen molar-refractivity contribution in [2.24, 2.45) is 11.1 Å². The quantitative estimate of drug-likeness (QED) is 0.827. The minimum absolute atomic E-state index is 0.0738. The van der Waals surface area contributed by atoms with Gasteiger partial charge in [-0.1, -0.05) is 12.1 Å². The molecule has 1 aliphatic rings. The summed E-state index contributed by atoms with van der Waals surface area (Å²) in [5.41, 5.74) is 7.39. The van der Waals surface area contributed by atoms with E-state index >= 15 is 0 Å². The third kappa shape index (κ3) is 2.43. The Morgan fingerprint density at radius 2 is 1.94 bits per heavy atom. The van der Waals surface area contributed by atoms with E-state index in [-0.39, 0.29) is 5.41 Å². The summed E-state index contributed by atoms with van der Waals surface area (Å²) in [4.78, 5) is 3.55. The lowest BCUT2D eigenvalue weighted by Crippen LogP contribution is -2.55. The second-order valence-corrected chi connectivity index (χ2v) is 6.08. The van der Waals surface area contributed by atoms with Crippen LogP contribution in [0.4, 0.5) is 0 Å². The monoisotopic (exact) mass is 266 g/mol. The normalized spacial score (nSPS) is 19.6. The first-order valence-corrected chi connectivity index (χ1v) is 7.43. The summed E-state index contributed by atoms with van der Waals surface area (Å²) in [6.45, 7) is 2.19. The number of benzene rings is 1. The van der Waals surface area contributed by atoms with Crippen molar-refractivity contribution >= 4 is 11.8 Å².